The number of hydrogen-bond acceptors (Lipinski definition) is 15. The molecule has 23 heteroatoms. The average molecular weight is 1380 g/mol. The molecule has 2 N–H and O–H groups in total. The third-order valence-corrected chi connectivity index (χ3v) is 19.9. The van der Waals surface area contributed by atoms with E-state index in [2.05, 4.69) is 20.2 Å². The van der Waals surface area contributed by atoms with Crippen LogP contribution in [0.5, 0.6) is 0 Å². The molecular weight excluding hydrogens is 1260 g/mol. The Balaban J connectivity index is 2.35. The average Bonchev–Trinajstić information content (AvgIpc) is 0.806. The van der Waals surface area contributed by atoms with Crippen LogP contribution in [0.3, 0.4) is 0 Å². The van der Waals surface area contributed by atoms with E-state index in [1.165, 1.54) is 90.6 Å². The molecule has 2 aromatic rings. The third-order valence-electron chi connectivity index (χ3n) is 19.9. The van der Waals surface area contributed by atoms with Crippen LogP contribution in [0, 0.1) is 59.2 Å². The number of aliphatic hydroxyl groups is 1. The van der Waals surface area contributed by atoms with Gasteiger partial charge in [0.2, 0.25) is 47.3 Å². The quantitative estimate of drug-likeness (QED) is 0.128. The lowest BCUT2D eigenvalue weighted by Gasteiger charge is -2.42. The first kappa shape index (κ1) is 86.2. The van der Waals surface area contributed by atoms with Crippen molar-refractivity contribution < 1.29 is 57.8 Å². The lowest BCUT2D eigenvalue weighted by atomic mass is 9.84. The van der Waals surface area contributed by atoms with Crippen molar-refractivity contribution >= 4 is 64.6 Å². The van der Waals surface area contributed by atoms with Crippen LogP contribution in [0.15, 0.2) is 48.8 Å². The fourth-order valence-corrected chi connectivity index (χ4v) is 13.5. The van der Waals surface area contributed by atoms with Crippen LogP contribution in [0.1, 0.15) is 187 Å². The summed E-state index contributed by atoms with van der Waals surface area (Å²) in [6.07, 6.45) is 2.06. The first-order valence-electron chi connectivity index (χ1n) is 36.1. The van der Waals surface area contributed by atoms with E-state index in [1.54, 1.807) is 53.9 Å². The van der Waals surface area contributed by atoms with Crippen LogP contribution in [0.25, 0.3) is 0 Å². The number of carbonyl (C=O) groups is 11. The second-order valence-electron chi connectivity index (χ2n) is 30.7. The van der Waals surface area contributed by atoms with Crippen molar-refractivity contribution in [1.29, 1.82) is 0 Å². The van der Waals surface area contributed by atoms with Gasteiger partial charge in [-0.25, -0.2) is 0 Å². The second-order valence-corrected chi connectivity index (χ2v) is 30.7. The number of amides is 8. The minimum absolute atomic E-state index is 0.0793. The van der Waals surface area contributed by atoms with Gasteiger partial charge in [0.15, 0.2) is 17.3 Å². The molecule has 8 amide bonds. The Kier molecular flexibility index (Phi) is 34.7. The number of carbonyl (C=O) groups excluding carboxylic acids is 11. The summed E-state index contributed by atoms with van der Waals surface area (Å²) >= 11 is 0. The molecule has 0 aliphatic carbocycles. The number of aromatic nitrogens is 2. The molecule has 556 valence electrons. The molecule has 1 aliphatic rings. The van der Waals surface area contributed by atoms with Crippen LogP contribution in [0.4, 0.5) is 0 Å². The maximum absolute atomic E-state index is 15.7. The van der Waals surface area contributed by atoms with Gasteiger partial charge in [-0.15, -0.1) is 0 Å². The lowest BCUT2D eigenvalue weighted by Crippen LogP contribution is -2.62. The summed E-state index contributed by atoms with van der Waals surface area (Å²) in [5.41, 5.74) is 1.60. The minimum atomic E-state index is -1.57. The predicted octanol–water partition coefficient (Wildman–Crippen LogP) is 7.85. The summed E-state index contributed by atoms with van der Waals surface area (Å²) in [6.45, 7) is 31.7. The maximum Gasteiger partial charge on any atom is 0.246 e. The smallest absolute Gasteiger partial charge is 0.246 e. The van der Waals surface area contributed by atoms with Gasteiger partial charge in [0.25, 0.3) is 0 Å². The van der Waals surface area contributed by atoms with Gasteiger partial charge in [-0.2, -0.15) is 0 Å². The van der Waals surface area contributed by atoms with Gasteiger partial charge in [0, 0.05) is 112 Å². The van der Waals surface area contributed by atoms with E-state index < -0.39 is 161 Å². The van der Waals surface area contributed by atoms with Crippen molar-refractivity contribution in [2.45, 2.75) is 243 Å². The number of rotatable bonds is 20. The Bertz CT molecular complexity index is 2960. The van der Waals surface area contributed by atoms with Crippen LogP contribution >= 0.6 is 0 Å². The molecule has 13 atom stereocenters. The number of hydrogen-bond donors (Lipinski definition) is 2. The molecule has 1 aliphatic heterocycles. The zero-order valence-electron chi connectivity index (χ0n) is 64.5. The van der Waals surface area contributed by atoms with Gasteiger partial charge in [-0.3, -0.25) is 67.6 Å². The van der Waals surface area contributed by atoms with E-state index in [0.29, 0.717) is 26.1 Å². The second kappa shape index (κ2) is 39.8. The molecule has 2 aromatic heterocycles. The summed E-state index contributed by atoms with van der Waals surface area (Å²) in [5.74, 6) is -11.3. The topological polar surface area (TPSA) is 272 Å². The molecule has 3 rings (SSSR count). The molecule has 0 unspecified atom stereocenters. The molecule has 99 heavy (non-hydrogen) atoms. The first-order chi connectivity index (χ1) is 46.1. The van der Waals surface area contributed by atoms with Gasteiger partial charge in [-0.1, -0.05) is 116 Å². The fraction of sp³-hybridized carbons (Fsp3) is 0.724. The van der Waals surface area contributed by atoms with Crippen molar-refractivity contribution in [1.82, 2.24) is 54.5 Å². The zero-order valence-corrected chi connectivity index (χ0v) is 64.5. The van der Waals surface area contributed by atoms with Crippen LogP contribution in [0.2, 0.25) is 0 Å². The van der Waals surface area contributed by atoms with Crippen molar-refractivity contribution in [3.05, 3.63) is 60.2 Å². The Morgan fingerprint density at radius 1 is 0.475 bits per heavy atom. The molecule has 0 radical (unpaired) electrons. The summed E-state index contributed by atoms with van der Waals surface area (Å²) in [6, 6.07) is 1.75. The van der Waals surface area contributed by atoms with E-state index in [9.17, 15) is 38.7 Å². The number of pyridine rings is 2. The number of nitrogens with zero attached hydrogens (tertiary/aromatic N) is 10. The molecule has 1 saturated heterocycles. The van der Waals surface area contributed by atoms with Crippen molar-refractivity contribution in [3.8, 4) is 0 Å². The SMILES string of the molecule is CC[C@H]1CC(=O)[C@@H]([C@H](O)[C@H](C)CCN(Cc2ccccn2)Cc2ccccn2)N(C)C(=O)[C@@H](C(C)C)N(C)C(=O)[C@@H](CC(C)C)N(C)C(=O)[C@@H](CC(C)C)N(C)C(=O)[C@H](C)NC(=O)[C@@H](C)CC(=O)[C@@H](CC(C)C)N(C)C(=O)[C@@H](C(C)C)CC(=O)[C@H](CC(C)C)N(C)C(=O)[C@@H](C)N(C)C1=O. The minimum Gasteiger partial charge on any atom is -0.390 e. The molecule has 0 saturated carbocycles. The highest BCUT2D eigenvalue weighted by Crippen LogP contribution is 2.30. The highest BCUT2D eigenvalue weighted by molar-refractivity contribution is 6.00. The maximum atomic E-state index is 15.7. The Morgan fingerprint density at radius 3 is 1.33 bits per heavy atom. The van der Waals surface area contributed by atoms with Gasteiger partial charge in [0.1, 0.15) is 36.3 Å². The molecule has 3 heterocycles. The third kappa shape index (κ3) is 24.4. The number of Topliss-reactive ketones (excluding diaryl/α,β-unsaturated/α-hetero) is 3. The lowest BCUT2D eigenvalue weighted by molar-refractivity contribution is -0.157. The monoisotopic (exact) mass is 1380 g/mol. The van der Waals surface area contributed by atoms with Gasteiger partial charge < -0.3 is 44.7 Å². The first-order valence-corrected chi connectivity index (χ1v) is 36.1. The summed E-state index contributed by atoms with van der Waals surface area (Å²) in [7, 11) is 10.3. The van der Waals surface area contributed by atoms with E-state index in [1.807, 2.05) is 106 Å². The van der Waals surface area contributed by atoms with Gasteiger partial charge in [0.05, 0.1) is 29.6 Å². The van der Waals surface area contributed by atoms with E-state index >= 15 is 19.2 Å². The van der Waals surface area contributed by atoms with Gasteiger partial charge >= 0.3 is 0 Å². The Labute approximate surface area is 592 Å². The Morgan fingerprint density at radius 2 is 0.899 bits per heavy atom. The number of likely N-dealkylation sites (N-methyl/N-ethyl adjacent to an activating group) is 7. The van der Waals surface area contributed by atoms with Crippen molar-refractivity contribution in [2.75, 3.05) is 55.9 Å². The number of aliphatic hydroxyl groups excluding tert-OH is 1. The summed E-state index contributed by atoms with van der Waals surface area (Å²) in [5, 5.41) is 15.6. The molecular formula is C76H125N11O12. The summed E-state index contributed by atoms with van der Waals surface area (Å²) in [4.78, 5) is 185. The molecule has 0 aromatic carbocycles. The Hall–Kier alpha value is -7.01. The number of nitrogens with one attached hydrogen (secondary N) is 1. The largest absolute Gasteiger partial charge is 0.390 e. The molecule has 1 fully saturated rings. The van der Waals surface area contributed by atoms with Crippen molar-refractivity contribution in [2.24, 2.45) is 59.2 Å². The highest BCUT2D eigenvalue weighted by atomic mass is 16.3. The molecule has 0 spiro atoms. The standard InChI is InChI=1S/C76H125N11O12/c1-25-55-41-65(90)67(68(91)51(14)32-35-87(43-56-30-26-28-33-77-56)44-57-31-27-29-34-78-57)86(24)76(99)66(50(12)13)85(23)75(98)62(39-48(8)9)84(22)74(97)61(38-47(6)7)83(21)70(93)53(16)79-69(92)52(15)40-63(88)59(36-45(2)3)82(20)73(96)58(49(10)11)42-64(89)60(37-46(4)5)81(19)71(94)54(17)80(18)72(55)95/h26-31,33-34,45-55,58-62,66-68,91H,25,32,35-44H2,1-24H3,(H,79,92)/t51-,52+,53+,54-,55+,58-,59-,60+,61-,62-,66-,67+,68-/m1/s1. The van der Waals surface area contributed by atoms with E-state index in [0.717, 1.165) is 11.4 Å². The summed E-state index contributed by atoms with van der Waals surface area (Å²) < 4.78 is 0. The number of ketones is 3. The van der Waals surface area contributed by atoms with Crippen LogP contribution in [-0.4, -0.2) is 229 Å². The molecule has 23 nitrogen and oxygen atoms in total. The highest BCUT2D eigenvalue weighted by Gasteiger charge is 2.46. The van der Waals surface area contributed by atoms with Crippen LogP contribution < -0.4 is 5.32 Å². The van der Waals surface area contributed by atoms with E-state index in [-0.39, 0.29) is 68.6 Å². The van der Waals surface area contributed by atoms with E-state index in [4.69, 9.17) is 0 Å². The van der Waals surface area contributed by atoms with Gasteiger partial charge in [-0.05, 0) is 125 Å². The van der Waals surface area contributed by atoms with Crippen molar-refractivity contribution in [3.63, 3.8) is 0 Å². The normalized spacial score (nSPS) is 25.7. The zero-order chi connectivity index (χ0) is 75.4. The van der Waals surface area contributed by atoms with Crippen LogP contribution in [-0.2, 0) is 65.8 Å². The predicted molar refractivity (Wildman–Crippen MR) is 384 cm³/mol. The fourth-order valence-electron chi connectivity index (χ4n) is 13.5. The molecule has 0 bridgehead atoms.